The van der Waals surface area contributed by atoms with Crippen LogP contribution in [0.15, 0.2) is 0 Å². The quantitative estimate of drug-likeness (QED) is 0.422. The van der Waals surface area contributed by atoms with E-state index in [1.54, 1.807) is 26.0 Å². The van der Waals surface area contributed by atoms with Crippen LogP contribution in [-0.4, -0.2) is 165 Å². The number of likely N-dealkylation sites (N-methyl/N-ethyl adjacent to an activating group) is 5. The Bertz CT molecular complexity index is 356. The second-order valence-electron chi connectivity index (χ2n) is 8.54. The summed E-state index contributed by atoms with van der Waals surface area (Å²) >= 11 is 0. The molecule has 1 amide bonds. The number of carbonyl (C=O) groups excluding carboxylic acids is 1. The van der Waals surface area contributed by atoms with Gasteiger partial charge in [-0.25, -0.2) is 0 Å². The van der Waals surface area contributed by atoms with Crippen molar-refractivity contribution in [1.29, 1.82) is 0 Å². The summed E-state index contributed by atoms with van der Waals surface area (Å²) in [4.78, 5) is 23.2. The molecular formula is C22H54N6O2. The van der Waals surface area contributed by atoms with Crippen LogP contribution in [0.5, 0.6) is 0 Å². The van der Waals surface area contributed by atoms with E-state index in [2.05, 4.69) is 80.9 Å². The first-order valence-electron chi connectivity index (χ1n) is 10.9. The highest BCUT2D eigenvalue weighted by Gasteiger charge is 1.99. The summed E-state index contributed by atoms with van der Waals surface area (Å²) < 4.78 is 4.96. The first-order chi connectivity index (χ1) is 13.9. The molecule has 0 radical (unpaired) electrons. The zero-order chi connectivity index (χ0) is 24.1. The van der Waals surface area contributed by atoms with Gasteiger partial charge in [-0.05, 0) is 63.3 Å². The molecule has 0 aliphatic rings. The molecule has 8 heteroatoms. The zero-order valence-electron chi connectivity index (χ0n) is 22.4. The summed E-state index contributed by atoms with van der Waals surface area (Å²) in [6, 6.07) is 0. The van der Waals surface area contributed by atoms with Crippen LogP contribution >= 0.6 is 0 Å². The van der Waals surface area contributed by atoms with Gasteiger partial charge in [0.25, 0.3) is 0 Å². The van der Waals surface area contributed by atoms with Crippen LogP contribution in [0.2, 0.25) is 0 Å². The Morgan fingerprint density at radius 2 is 0.967 bits per heavy atom. The number of hydrogen-bond donors (Lipinski definition) is 0. The van der Waals surface area contributed by atoms with Crippen LogP contribution in [0, 0.1) is 0 Å². The van der Waals surface area contributed by atoms with Gasteiger partial charge >= 0.3 is 0 Å². The van der Waals surface area contributed by atoms with Crippen LogP contribution in [0.25, 0.3) is 0 Å². The normalized spacial score (nSPS) is 11.0. The fraction of sp³-hybridized carbons (Fsp3) is 0.955. The molecule has 0 unspecified atom stereocenters. The molecule has 0 aromatic heterocycles. The van der Waals surface area contributed by atoms with Crippen LogP contribution in [0.1, 0.15) is 13.8 Å². The van der Waals surface area contributed by atoms with Gasteiger partial charge in [-0.3, -0.25) is 4.79 Å². The summed E-state index contributed by atoms with van der Waals surface area (Å²) in [5.74, 6) is 0.127. The molecule has 0 aliphatic carbocycles. The topological polar surface area (TPSA) is 45.7 Å². The first kappa shape index (κ1) is 33.9. The average molecular weight is 435 g/mol. The van der Waals surface area contributed by atoms with Gasteiger partial charge in [0, 0.05) is 73.4 Å². The van der Waals surface area contributed by atoms with Gasteiger partial charge in [0.1, 0.15) is 0 Å². The Kier molecular flexibility index (Phi) is 25.9. The molecule has 0 saturated carbocycles. The van der Waals surface area contributed by atoms with E-state index in [1.807, 2.05) is 6.92 Å². The van der Waals surface area contributed by atoms with Crippen molar-refractivity contribution in [3.05, 3.63) is 0 Å². The highest BCUT2D eigenvalue weighted by Crippen LogP contribution is 1.85. The maximum atomic E-state index is 10.3. The van der Waals surface area contributed by atoms with Crippen molar-refractivity contribution in [2.75, 3.05) is 130 Å². The number of hydrogen-bond acceptors (Lipinski definition) is 7. The Morgan fingerprint density at radius 1 is 0.633 bits per heavy atom. The molecule has 0 fully saturated rings. The van der Waals surface area contributed by atoms with Gasteiger partial charge in [-0.2, -0.15) is 0 Å². The van der Waals surface area contributed by atoms with Crippen molar-refractivity contribution in [2.24, 2.45) is 0 Å². The molecule has 0 bridgehead atoms. The minimum atomic E-state index is 0.127. The molecule has 0 spiro atoms. The van der Waals surface area contributed by atoms with E-state index in [9.17, 15) is 4.79 Å². The lowest BCUT2D eigenvalue weighted by molar-refractivity contribution is -0.127. The third-order valence-corrected chi connectivity index (χ3v) is 4.48. The standard InChI is InChI=1S/C9H23N3.C8H20N2O.C5H11NO/c1-10(2)6-8-12(5)9-7-11(3)4;1-9(2)5-6-10(3)7-8-11-4;1-4-6(3)5(2)7/h6-9H2,1-5H3;5-8H2,1-4H3;4H2,1-3H3. The lowest BCUT2D eigenvalue weighted by Gasteiger charge is -2.20. The van der Waals surface area contributed by atoms with Crippen molar-refractivity contribution in [3.63, 3.8) is 0 Å². The van der Waals surface area contributed by atoms with Crippen LogP contribution in [0.4, 0.5) is 0 Å². The molecule has 0 aromatic rings. The van der Waals surface area contributed by atoms with Crippen molar-refractivity contribution in [3.8, 4) is 0 Å². The summed E-state index contributed by atoms with van der Waals surface area (Å²) in [6.07, 6.45) is 0. The van der Waals surface area contributed by atoms with Crippen LogP contribution < -0.4 is 0 Å². The smallest absolute Gasteiger partial charge is 0.219 e. The summed E-state index contributed by atoms with van der Waals surface area (Å²) in [6.45, 7) is 13.0. The van der Waals surface area contributed by atoms with E-state index < -0.39 is 0 Å². The van der Waals surface area contributed by atoms with Gasteiger partial charge in [-0.15, -0.1) is 0 Å². The highest BCUT2D eigenvalue weighted by atomic mass is 16.5. The van der Waals surface area contributed by atoms with E-state index in [0.29, 0.717) is 0 Å². The van der Waals surface area contributed by atoms with Crippen molar-refractivity contribution in [1.82, 2.24) is 29.4 Å². The Morgan fingerprint density at radius 3 is 1.17 bits per heavy atom. The third kappa shape index (κ3) is 31.9. The molecule has 0 saturated heterocycles. The van der Waals surface area contributed by atoms with E-state index in [-0.39, 0.29) is 5.91 Å². The average Bonchev–Trinajstić information content (AvgIpc) is 2.67. The lowest BCUT2D eigenvalue weighted by Crippen LogP contribution is -2.33. The van der Waals surface area contributed by atoms with Gasteiger partial charge in [-0.1, -0.05) is 0 Å². The summed E-state index contributed by atoms with van der Waals surface area (Å²) in [5.41, 5.74) is 0. The maximum absolute atomic E-state index is 10.3. The fourth-order valence-corrected chi connectivity index (χ4v) is 1.81. The largest absolute Gasteiger partial charge is 0.383 e. The predicted molar refractivity (Wildman–Crippen MR) is 132 cm³/mol. The van der Waals surface area contributed by atoms with E-state index in [0.717, 1.165) is 59.0 Å². The number of rotatable bonds is 13. The minimum absolute atomic E-state index is 0.127. The van der Waals surface area contributed by atoms with Gasteiger partial charge in [0.15, 0.2) is 0 Å². The Labute approximate surface area is 188 Å². The second kappa shape index (κ2) is 22.9. The monoisotopic (exact) mass is 434 g/mol. The second-order valence-corrected chi connectivity index (χ2v) is 8.54. The zero-order valence-corrected chi connectivity index (χ0v) is 22.4. The molecule has 30 heavy (non-hydrogen) atoms. The van der Waals surface area contributed by atoms with Crippen molar-refractivity contribution < 1.29 is 9.53 Å². The lowest BCUT2D eigenvalue weighted by atomic mass is 10.4. The summed E-state index contributed by atoms with van der Waals surface area (Å²) in [7, 11) is 20.4. The van der Waals surface area contributed by atoms with Crippen molar-refractivity contribution in [2.45, 2.75) is 13.8 Å². The molecule has 0 N–H and O–H groups in total. The molecular weight excluding hydrogens is 380 g/mol. The van der Waals surface area contributed by atoms with Crippen LogP contribution in [-0.2, 0) is 9.53 Å². The number of methoxy groups -OCH3 is 1. The van der Waals surface area contributed by atoms with Gasteiger partial charge < -0.3 is 34.1 Å². The highest BCUT2D eigenvalue weighted by molar-refractivity contribution is 5.72. The molecule has 0 aromatic carbocycles. The Balaban J connectivity index is -0.000000378. The molecule has 0 aliphatic heterocycles. The predicted octanol–water partition coefficient (Wildman–Crippen LogP) is 0.652. The molecule has 0 atom stereocenters. The van der Waals surface area contributed by atoms with Crippen LogP contribution in [0.3, 0.4) is 0 Å². The summed E-state index contributed by atoms with van der Waals surface area (Å²) in [5, 5.41) is 0. The number of carbonyl (C=O) groups is 1. The Hall–Kier alpha value is -0.770. The number of nitrogens with zero attached hydrogens (tertiary/aromatic N) is 6. The maximum Gasteiger partial charge on any atom is 0.219 e. The third-order valence-electron chi connectivity index (χ3n) is 4.48. The first-order valence-corrected chi connectivity index (χ1v) is 10.9. The number of ether oxygens (including phenoxy) is 1. The van der Waals surface area contributed by atoms with E-state index >= 15 is 0 Å². The number of amides is 1. The molecule has 0 heterocycles. The van der Waals surface area contributed by atoms with Gasteiger partial charge in [0.2, 0.25) is 5.91 Å². The van der Waals surface area contributed by atoms with Gasteiger partial charge in [0.05, 0.1) is 6.61 Å². The fourth-order valence-electron chi connectivity index (χ4n) is 1.81. The van der Waals surface area contributed by atoms with Crippen molar-refractivity contribution >= 4 is 5.91 Å². The molecule has 0 rings (SSSR count). The minimum Gasteiger partial charge on any atom is -0.383 e. The SMILES string of the molecule is CCN(C)C(C)=O.CN(C)CCN(C)CCN(C)C.COCCN(C)CCN(C)C. The molecule has 8 nitrogen and oxygen atoms in total. The van der Waals surface area contributed by atoms with E-state index in [1.165, 1.54) is 0 Å². The molecule has 184 valence electrons. The van der Waals surface area contributed by atoms with E-state index in [4.69, 9.17) is 4.74 Å².